The molecule has 1 aliphatic carbocycles. The third-order valence-corrected chi connectivity index (χ3v) is 8.58. The van der Waals surface area contributed by atoms with Crippen molar-refractivity contribution < 1.29 is 48.6 Å². The third-order valence-electron chi connectivity index (χ3n) is 8.58. The zero-order valence-corrected chi connectivity index (χ0v) is 27.8. The molecule has 12 heteroatoms. The summed E-state index contributed by atoms with van der Waals surface area (Å²) >= 11 is 0. The minimum Gasteiger partial charge on any atom is -0.511 e. The first-order valence-corrected chi connectivity index (χ1v) is 16.5. The summed E-state index contributed by atoms with van der Waals surface area (Å²) in [5, 5.41) is 29.5. The van der Waals surface area contributed by atoms with Crippen molar-refractivity contribution in [3.05, 3.63) is 40.1 Å². The van der Waals surface area contributed by atoms with Crippen molar-refractivity contribution in [2.75, 3.05) is 98.7 Å². The Labute approximate surface area is 273 Å². The Morgan fingerprint density at radius 3 is 1.67 bits per heavy atom. The molecule has 46 heavy (non-hydrogen) atoms. The average molecular weight is 651 g/mol. The second kappa shape index (κ2) is 20.6. The molecule has 1 aliphatic heterocycles. The Balaban J connectivity index is 1.20. The predicted octanol–water partition coefficient (Wildman–Crippen LogP) is 3.31. The highest BCUT2D eigenvalue weighted by Gasteiger charge is 2.30. The number of hydrogen-bond donors (Lipinski definition) is 3. The van der Waals surface area contributed by atoms with E-state index in [1.54, 1.807) is 0 Å². The van der Waals surface area contributed by atoms with Crippen LogP contribution in [0.3, 0.4) is 0 Å². The second-order valence-corrected chi connectivity index (χ2v) is 12.2. The minimum atomic E-state index is -1.09. The Morgan fingerprint density at radius 1 is 0.696 bits per heavy atom. The van der Waals surface area contributed by atoms with Gasteiger partial charge in [-0.3, -0.25) is 9.80 Å². The SMILES string of the molecule is Cc1cc(C)c(/C(C(=O)O)=C(\O)C2CCC(OCCOCCN3CCN(CCOCCOCCOCC(=O)O)CC3)CC2)c(C)c1. The standard InChI is InChI=1S/C34H54N2O10/c1-25-22-26(2)31(27(3)23-25)32(34(40)41)33(39)28-4-6-29(7-5-28)46-21-20-43-15-13-36-10-8-35(9-11-36)12-14-42-16-17-44-18-19-45-24-30(37)38/h22-23,28-29,39H,4-21,24H2,1-3H3,(H,37,38)(H,40,41)/b33-32+. The van der Waals surface area contributed by atoms with Crippen molar-refractivity contribution in [3.8, 4) is 0 Å². The number of piperazine rings is 1. The lowest BCUT2D eigenvalue weighted by atomic mass is 9.82. The van der Waals surface area contributed by atoms with Gasteiger partial charge in [0.05, 0.1) is 59.0 Å². The van der Waals surface area contributed by atoms with E-state index in [0.717, 1.165) is 68.8 Å². The van der Waals surface area contributed by atoms with Crippen LogP contribution in [0.5, 0.6) is 0 Å². The zero-order valence-electron chi connectivity index (χ0n) is 27.8. The fourth-order valence-corrected chi connectivity index (χ4v) is 6.22. The van der Waals surface area contributed by atoms with Crippen LogP contribution in [-0.4, -0.2) is 142 Å². The van der Waals surface area contributed by atoms with Gasteiger partial charge in [0.2, 0.25) is 0 Å². The van der Waals surface area contributed by atoms with Gasteiger partial charge >= 0.3 is 11.9 Å². The predicted molar refractivity (Wildman–Crippen MR) is 173 cm³/mol. The van der Waals surface area contributed by atoms with Gasteiger partial charge in [0, 0.05) is 45.2 Å². The van der Waals surface area contributed by atoms with E-state index in [4.69, 9.17) is 28.8 Å². The fraction of sp³-hybridized carbons (Fsp3) is 0.706. The molecule has 1 aromatic carbocycles. The minimum absolute atomic E-state index is 0.0143. The van der Waals surface area contributed by atoms with Crippen LogP contribution < -0.4 is 0 Å². The van der Waals surface area contributed by atoms with Gasteiger partial charge in [-0.2, -0.15) is 0 Å². The molecule has 0 bridgehead atoms. The molecule has 1 heterocycles. The largest absolute Gasteiger partial charge is 0.511 e. The van der Waals surface area contributed by atoms with Crippen LogP contribution in [-0.2, 0) is 33.3 Å². The Kier molecular flexibility index (Phi) is 17.0. The molecule has 1 saturated carbocycles. The van der Waals surface area contributed by atoms with Crippen molar-refractivity contribution >= 4 is 17.5 Å². The molecular formula is C34H54N2O10. The number of carbonyl (C=O) groups is 2. The van der Waals surface area contributed by atoms with Crippen LogP contribution in [0.1, 0.15) is 47.9 Å². The third kappa shape index (κ3) is 13.3. The number of aliphatic hydroxyl groups excluding tert-OH is 1. The molecule has 0 unspecified atom stereocenters. The molecule has 0 radical (unpaired) electrons. The van der Waals surface area contributed by atoms with Gasteiger partial charge in [-0.1, -0.05) is 17.7 Å². The molecule has 0 spiro atoms. The van der Waals surface area contributed by atoms with E-state index in [1.165, 1.54) is 0 Å². The van der Waals surface area contributed by atoms with E-state index in [0.29, 0.717) is 64.7 Å². The van der Waals surface area contributed by atoms with Gasteiger partial charge < -0.3 is 39.0 Å². The number of hydrogen-bond acceptors (Lipinski definition) is 10. The van der Waals surface area contributed by atoms with Crippen LogP contribution in [0.2, 0.25) is 0 Å². The fourth-order valence-electron chi connectivity index (χ4n) is 6.22. The van der Waals surface area contributed by atoms with Gasteiger partial charge in [0.25, 0.3) is 0 Å². The topological polar surface area (TPSA) is 147 Å². The van der Waals surface area contributed by atoms with Crippen LogP contribution in [0.4, 0.5) is 0 Å². The average Bonchev–Trinajstić information content (AvgIpc) is 3.01. The van der Waals surface area contributed by atoms with Gasteiger partial charge in [-0.15, -0.1) is 0 Å². The van der Waals surface area contributed by atoms with E-state index < -0.39 is 11.9 Å². The number of rotatable bonds is 21. The number of aliphatic hydroxyl groups is 1. The molecular weight excluding hydrogens is 596 g/mol. The number of carboxylic acids is 2. The number of aliphatic carboxylic acids is 2. The van der Waals surface area contributed by atoms with Gasteiger partial charge in [-0.25, -0.2) is 9.59 Å². The van der Waals surface area contributed by atoms with E-state index >= 15 is 0 Å². The molecule has 2 aliphatic rings. The van der Waals surface area contributed by atoms with Crippen LogP contribution >= 0.6 is 0 Å². The van der Waals surface area contributed by atoms with Crippen molar-refractivity contribution in [1.82, 2.24) is 9.80 Å². The lowest BCUT2D eigenvalue weighted by molar-refractivity contribution is -0.142. The Morgan fingerprint density at radius 2 is 1.17 bits per heavy atom. The molecule has 12 nitrogen and oxygen atoms in total. The summed E-state index contributed by atoms with van der Waals surface area (Å²) in [5.41, 5.74) is 3.45. The number of allylic oxidation sites excluding steroid dienone is 1. The summed E-state index contributed by atoms with van der Waals surface area (Å²) in [5.74, 6) is -2.27. The summed E-state index contributed by atoms with van der Waals surface area (Å²) in [4.78, 5) is 27.4. The Bertz CT molecular complexity index is 1090. The second-order valence-electron chi connectivity index (χ2n) is 12.2. The summed E-state index contributed by atoms with van der Waals surface area (Å²) in [6.07, 6.45) is 3.04. The number of ether oxygens (including phenoxy) is 5. The maximum absolute atomic E-state index is 12.2. The smallest absolute Gasteiger partial charge is 0.339 e. The highest BCUT2D eigenvalue weighted by Crippen LogP contribution is 2.36. The number of aryl methyl sites for hydroxylation is 3. The normalized spacial score (nSPS) is 20.1. The summed E-state index contributed by atoms with van der Waals surface area (Å²) in [6.45, 7) is 15.2. The molecule has 3 rings (SSSR count). The Hall–Kier alpha value is -2.58. The summed E-state index contributed by atoms with van der Waals surface area (Å²) in [6, 6.07) is 3.92. The molecule has 3 N–H and O–H groups in total. The van der Waals surface area contributed by atoms with Crippen molar-refractivity contribution in [1.29, 1.82) is 0 Å². The van der Waals surface area contributed by atoms with E-state index in [1.807, 2.05) is 32.9 Å². The monoisotopic (exact) mass is 650 g/mol. The van der Waals surface area contributed by atoms with E-state index in [9.17, 15) is 19.8 Å². The molecule has 1 aromatic rings. The van der Waals surface area contributed by atoms with Gasteiger partial charge in [0.1, 0.15) is 17.9 Å². The van der Waals surface area contributed by atoms with Gasteiger partial charge in [0.15, 0.2) is 0 Å². The maximum Gasteiger partial charge on any atom is 0.339 e. The van der Waals surface area contributed by atoms with Crippen molar-refractivity contribution in [2.45, 2.75) is 52.6 Å². The lowest BCUT2D eigenvalue weighted by Crippen LogP contribution is -2.48. The number of benzene rings is 1. The first kappa shape index (κ1) is 37.9. The highest BCUT2D eigenvalue weighted by molar-refractivity contribution is 6.17. The van der Waals surface area contributed by atoms with Gasteiger partial charge in [-0.05, 0) is 63.1 Å². The molecule has 0 atom stereocenters. The molecule has 2 fully saturated rings. The number of nitrogens with zero attached hydrogens (tertiary/aromatic N) is 2. The summed E-state index contributed by atoms with van der Waals surface area (Å²) < 4.78 is 27.8. The van der Waals surface area contributed by atoms with Crippen LogP contribution in [0.25, 0.3) is 5.57 Å². The zero-order chi connectivity index (χ0) is 33.3. The maximum atomic E-state index is 12.2. The molecule has 0 aromatic heterocycles. The molecule has 0 amide bonds. The molecule has 1 saturated heterocycles. The summed E-state index contributed by atoms with van der Waals surface area (Å²) in [7, 11) is 0. The van der Waals surface area contributed by atoms with Crippen LogP contribution in [0, 0.1) is 26.7 Å². The quantitative estimate of drug-likeness (QED) is 0.102. The first-order chi connectivity index (χ1) is 22.2. The van der Waals surface area contributed by atoms with E-state index in [-0.39, 0.29) is 36.6 Å². The van der Waals surface area contributed by atoms with Crippen molar-refractivity contribution in [2.24, 2.45) is 5.92 Å². The highest BCUT2D eigenvalue weighted by atomic mass is 16.5. The van der Waals surface area contributed by atoms with E-state index in [2.05, 4.69) is 9.80 Å². The molecule has 260 valence electrons. The lowest BCUT2D eigenvalue weighted by Gasteiger charge is -2.34. The van der Waals surface area contributed by atoms with Crippen LogP contribution in [0.15, 0.2) is 17.9 Å². The first-order valence-electron chi connectivity index (χ1n) is 16.5. The number of carboxylic acid groups (broad SMARTS) is 2. The van der Waals surface area contributed by atoms with Crippen molar-refractivity contribution in [3.63, 3.8) is 0 Å².